The predicted molar refractivity (Wildman–Crippen MR) is 62.2 cm³/mol. The summed E-state index contributed by atoms with van der Waals surface area (Å²) in [6.07, 6.45) is 0.722. The third kappa shape index (κ3) is 2.55. The number of carbonyl (C=O) groups is 1. The quantitative estimate of drug-likeness (QED) is 0.834. The van der Waals surface area contributed by atoms with Crippen LogP contribution in [0.3, 0.4) is 0 Å². The summed E-state index contributed by atoms with van der Waals surface area (Å²) in [7, 11) is 0. The highest BCUT2D eigenvalue weighted by Gasteiger charge is 2.01. The van der Waals surface area contributed by atoms with Crippen LogP contribution in [-0.4, -0.2) is 11.3 Å². The van der Waals surface area contributed by atoms with Gasteiger partial charge in [-0.3, -0.25) is 4.79 Å². The minimum atomic E-state index is 0.435. The molecule has 15 heavy (non-hydrogen) atoms. The molecule has 0 aliphatic heterocycles. The average Bonchev–Trinajstić information content (AvgIpc) is 2.65. The maximum absolute atomic E-state index is 10.4. The summed E-state index contributed by atoms with van der Waals surface area (Å²) >= 11 is 7.21. The molecule has 5 heteroatoms. The lowest BCUT2D eigenvalue weighted by molar-refractivity contribution is 0.111. The Bertz CT molecular complexity index is 484. The Balaban J connectivity index is 2.18. The Labute approximate surface area is 95.7 Å². The van der Waals surface area contributed by atoms with Gasteiger partial charge in [0.2, 0.25) is 0 Å². The number of carbonyl (C=O) groups excluding carboxylic acids is 1. The first-order chi connectivity index (χ1) is 7.28. The van der Waals surface area contributed by atoms with Gasteiger partial charge < -0.3 is 5.32 Å². The van der Waals surface area contributed by atoms with Crippen LogP contribution in [0.15, 0.2) is 29.6 Å². The van der Waals surface area contributed by atoms with E-state index in [9.17, 15) is 4.79 Å². The Morgan fingerprint density at radius 1 is 1.47 bits per heavy atom. The molecule has 3 nitrogen and oxygen atoms in total. The van der Waals surface area contributed by atoms with Gasteiger partial charge in [0.15, 0.2) is 11.4 Å². The van der Waals surface area contributed by atoms with Crippen molar-refractivity contribution in [2.24, 2.45) is 0 Å². The maximum Gasteiger partial charge on any atom is 0.187 e. The second-order valence-corrected chi connectivity index (χ2v) is 4.13. The largest absolute Gasteiger partial charge is 0.331 e. The monoisotopic (exact) mass is 238 g/mol. The van der Waals surface area contributed by atoms with E-state index < -0.39 is 0 Å². The van der Waals surface area contributed by atoms with Crippen molar-refractivity contribution in [3.8, 4) is 0 Å². The van der Waals surface area contributed by atoms with Crippen LogP contribution in [0.1, 0.15) is 10.5 Å². The van der Waals surface area contributed by atoms with Crippen molar-refractivity contribution in [3.05, 3.63) is 40.4 Å². The van der Waals surface area contributed by atoms with Crippen molar-refractivity contribution in [2.45, 2.75) is 0 Å². The number of nitrogens with zero attached hydrogens (tertiary/aromatic N) is 1. The Kier molecular flexibility index (Phi) is 2.99. The van der Waals surface area contributed by atoms with Gasteiger partial charge in [0.05, 0.1) is 0 Å². The molecule has 0 bridgehead atoms. The molecule has 0 atom stereocenters. The van der Waals surface area contributed by atoms with Crippen LogP contribution in [0.5, 0.6) is 0 Å². The second kappa shape index (κ2) is 4.42. The maximum atomic E-state index is 10.4. The molecular formula is C10H7ClN2OS. The van der Waals surface area contributed by atoms with Crippen LogP contribution in [0.4, 0.5) is 10.8 Å². The molecule has 0 unspecified atom stereocenters. The van der Waals surface area contributed by atoms with Gasteiger partial charge in [-0.05, 0) is 18.2 Å². The fraction of sp³-hybridized carbons (Fsp3) is 0. The molecule has 0 saturated carbocycles. The second-order valence-electron chi connectivity index (χ2n) is 2.83. The molecule has 0 amide bonds. The number of aromatic nitrogens is 1. The van der Waals surface area contributed by atoms with Gasteiger partial charge in [-0.15, -0.1) is 11.3 Å². The number of hydrogen-bond acceptors (Lipinski definition) is 4. The minimum absolute atomic E-state index is 0.435. The fourth-order valence-corrected chi connectivity index (χ4v) is 1.95. The molecule has 2 rings (SSSR count). The summed E-state index contributed by atoms with van der Waals surface area (Å²) in [6.45, 7) is 0. The van der Waals surface area contributed by atoms with E-state index in [1.54, 1.807) is 17.5 Å². The fourth-order valence-electron chi connectivity index (χ4n) is 1.09. The van der Waals surface area contributed by atoms with E-state index in [0.717, 1.165) is 12.0 Å². The van der Waals surface area contributed by atoms with Gasteiger partial charge in [0.1, 0.15) is 5.69 Å². The van der Waals surface area contributed by atoms with Gasteiger partial charge in [-0.25, -0.2) is 4.98 Å². The van der Waals surface area contributed by atoms with E-state index in [4.69, 9.17) is 11.6 Å². The van der Waals surface area contributed by atoms with Crippen molar-refractivity contribution >= 4 is 40.0 Å². The van der Waals surface area contributed by atoms with Gasteiger partial charge >= 0.3 is 0 Å². The molecule has 2 aromatic rings. The van der Waals surface area contributed by atoms with E-state index in [-0.39, 0.29) is 0 Å². The van der Waals surface area contributed by atoms with Crippen LogP contribution < -0.4 is 5.32 Å². The first-order valence-corrected chi connectivity index (χ1v) is 5.47. The van der Waals surface area contributed by atoms with Crippen molar-refractivity contribution in [3.63, 3.8) is 0 Å². The van der Waals surface area contributed by atoms with E-state index in [1.807, 2.05) is 12.1 Å². The van der Waals surface area contributed by atoms with Crippen LogP contribution in [0.25, 0.3) is 0 Å². The summed E-state index contributed by atoms with van der Waals surface area (Å²) in [4.78, 5) is 14.5. The van der Waals surface area contributed by atoms with Crippen LogP contribution in [0, 0.1) is 0 Å². The highest BCUT2D eigenvalue weighted by Crippen LogP contribution is 2.22. The first-order valence-electron chi connectivity index (χ1n) is 4.21. The molecule has 0 spiro atoms. The lowest BCUT2D eigenvalue weighted by Gasteiger charge is -2.01. The summed E-state index contributed by atoms with van der Waals surface area (Å²) in [5, 5.41) is 6.10. The molecule has 0 fully saturated rings. The van der Waals surface area contributed by atoms with Crippen LogP contribution in [-0.2, 0) is 0 Å². The Hall–Kier alpha value is -1.39. The number of rotatable bonds is 3. The molecule has 0 aliphatic rings. The molecular weight excluding hydrogens is 232 g/mol. The third-order valence-corrected chi connectivity index (χ3v) is 2.73. The Morgan fingerprint density at radius 3 is 3.00 bits per heavy atom. The zero-order valence-electron chi connectivity index (χ0n) is 7.61. The molecule has 0 saturated heterocycles. The van der Waals surface area contributed by atoms with Crippen molar-refractivity contribution in [2.75, 3.05) is 5.32 Å². The SMILES string of the molecule is O=Cc1csc(Nc2cccc(Cl)c2)n1. The minimum Gasteiger partial charge on any atom is -0.331 e. The molecule has 0 radical (unpaired) electrons. The highest BCUT2D eigenvalue weighted by molar-refractivity contribution is 7.13. The summed E-state index contributed by atoms with van der Waals surface area (Å²) in [6, 6.07) is 7.32. The van der Waals surface area contributed by atoms with E-state index in [1.165, 1.54) is 11.3 Å². The Morgan fingerprint density at radius 2 is 2.33 bits per heavy atom. The van der Waals surface area contributed by atoms with Crippen LogP contribution in [0.2, 0.25) is 5.02 Å². The lowest BCUT2D eigenvalue weighted by Crippen LogP contribution is -1.89. The van der Waals surface area contributed by atoms with Gasteiger partial charge in [0, 0.05) is 16.1 Å². The normalized spacial score (nSPS) is 9.93. The molecule has 1 aromatic carbocycles. The van der Waals surface area contributed by atoms with Gasteiger partial charge in [-0.1, -0.05) is 17.7 Å². The molecule has 0 aliphatic carbocycles. The summed E-state index contributed by atoms with van der Waals surface area (Å²) in [5.41, 5.74) is 1.29. The third-order valence-electron chi connectivity index (χ3n) is 1.72. The van der Waals surface area contributed by atoms with Crippen molar-refractivity contribution in [1.82, 2.24) is 4.98 Å². The number of benzene rings is 1. The lowest BCUT2D eigenvalue weighted by atomic mass is 10.3. The number of aldehydes is 1. The van der Waals surface area contributed by atoms with E-state index >= 15 is 0 Å². The molecule has 1 aromatic heterocycles. The van der Waals surface area contributed by atoms with Crippen molar-refractivity contribution < 1.29 is 4.79 Å². The van der Waals surface area contributed by atoms with E-state index in [2.05, 4.69) is 10.3 Å². The smallest absolute Gasteiger partial charge is 0.187 e. The highest BCUT2D eigenvalue weighted by atomic mass is 35.5. The van der Waals surface area contributed by atoms with E-state index in [0.29, 0.717) is 15.8 Å². The summed E-state index contributed by atoms with van der Waals surface area (Å²) in [5.74, 6) is 0. The molecule has 1 N–H and O–H groups in total. The number of halogens is 1. The number of thiazole rings is 1. The number of hydrogen-bond donors (Lipinski definition) is 1. The topological polar surface area (TPSA) is 42.0 Å². The number of anilines is 2. The zero-order valence-corrected chi connectivity index (χ0v) is 9.18. The molecule has 76 valence electrons. The standard InChI is InChI=1S/C10H7ClN2OS/c11-7-2-1-3-8(4-7)12-10-13-9(5-14)6-15-10/h1-6H,(H,12,13). The van der Waals surface area contributed by atoms with Crippen molar-refractivity contribution in [1.29, 1.82) is 0 Å². The average molecular weight is 239 g/mol. The van der Waals surface area contributed by atoms with Gasteiger partial charge in [0.25, 0.3) is 0 Å². The first kappa shape index (κ1) is 10.1. The summed E-state index contributed by atoms with van der Waals surface area (Å²) < 4.78 is 0. The zero-order chi connectivity index (χ0) is 10.7. The van der Waals surface area contributed by atoms with Crippen LogP contribution >= 0.6 is 22.9 Å². The van der Waals surface area contributed by atoms with Gasteiger partial charge in [-0.2, -0.15) is 0 Å². The molecule has 1 heterocycles. The predicted octanol–water partition coefficient (Wildman–Crippen LogP) is 3.35. The number of nitrogens with one attached hydrogen (secondary N) is 1.